The SMILES string of the molecule is Cc1cc(C(=O)N[C@@H](C)C(N)=O)ccc1-n1cncn1. The van der Waals surface area contributed by atoms with Crippen LogP contribution in [0.15, 0.2) is 30.9 Å². The van der Waals surface area contributed by atoms with Gasteiger partial charge in [-0.25, -0.2) is 9.67 Å². The molecule has 0 saturated carbocycles. The Morgan fingerprint density at radius 3 is 2.70 bits per heavy atom. The molecule has 0 aliphatic heterocycles. The lowest BCUT2D eigenvalue weighted by molar-refractivity contribution is -0.119. The van der Waals surface area contributed by atoms with Gasteiger partial charge in [-0.05, 0) is 37.6 Å². The molecule has 7 heteroatoms. The quantitative estimate of drug-likeness (QED) is 0.829. The topological polar surface area (TPSA) is 103 Å². The molecule has 1 atom stereocenters. The maximum Gasteiger partial charge on any atom is 0.251 e. The molecule has 3 N–H and O–H groups in total. The van der Waals surface area contributed by atoms with Crippen molar-refractivity contribution in [3.8, 4) is 5.69 Å². The van der Waals surface area contributed by atoms with E-state index < -0.39 is 11.9 Å². The van der Waals surface area contributed by atoms with Gasteiger partial charge >= 0.3 is 0 Å². The predicted octanol–water partition coefficient (Wildman–Crippen LogP) is 0.179. The van der Waals surface area contributed by atoms with Gasteiger partial charge in [0.25, 0.3) is 5.91 Å². The Hall–Kier alpha value is -2.70. The fourth-order valence-corrected chi connectivity index (χ4v) is 1.74. The van der Waals surface area contributed by atoms with E-state index in [4.69, 9.17) is 5.73 Å². The summed E-state index contributed by atoms with van der Waals surface area (Å²) in [5.74, 6) is -0.918. The molecule has 1 aromatic carbocycles. The highest BCUT2D eigenvalue weighted by molar-refractivity contribution is 5.97. The summed E-state index contributed by atoms with van der Waals surface area (Å²) in [6.07, 6.45) is 3.02. The summed E-state index contributed by atoms with van der Waals surface area (Å²) in [7, 11) is 0. The van der Waals surface area contributed by atoms with Gasteiger partial charge in [0.2, 0.25) is 5.91 Å². The molecule has 0 spiro atoms. The van der Waals surface area contributed by atoms with Crippen LogP contribution in [-0.4, -0.2) is 32.6 Å². The van der Waals surface area contributed by atoms with E-state index in [1.54, 1.807) is 29.2 Å². The van der Waals surface area contributed by atoms with E-state index in [0.29, 0.717) is 5.56 Å². The number of nitrogens with one attached hydrogen (secondary N) is 1. The predicted molar refractivity (Wildman–Crippen MR) is 72.2 cm³/mol. The number of amides is 2. The van der Waals surface area contributed by atoms with E-state index in [1.807, 2.05) is 6.92 Å². The van der Waals surface area contributed by atoms with Crippen LogP contribution in [0.5, 0.6) is 0 Å². The van der Waals surface area contributed by atoms with Crippen molar-refractivity contribution in [3.63, 3.8) is 0 Å². The number of nitrogens with two attached hydrogens (primary N) is 1. The van der Waals surface area contributed by atoms with Gasteiger partial charge in [-0.1, -0.05) is 0 Å². The molecular weight excluding hydrogens is 258 g/mol. The van der Waals surface area contributed by atoms with Gasteiger partial charge in [-0.3, -0.25) is 9.59 Å². The second-order valence-electron chi connectivity index (χ2n) is 4.44. The Bertz CT molecular complexity index is 636. The van der Waals surface area contributed by atoms with Crippen LogP contribution in [0.2, 0.25) is 0 Å². The maximum absolute atomic E-state index is 12.0. The molecule has 2 amide bonds. The Labute approximate surface area is 115 Å². The molecule has 2 aromatic rings. The summed E-state index contributed by atoms with van der Waals surface area (Å²) >= 11 is 0. The molecule has 0 aliphatic carbocycles. The number of hydrogen-bond acceptors (Lipinski definition) is 4. The molecule has 0 unspecified atom stereocenters. The molecule has 1 heterocycles. The van der Waals surface area contributed by atoms with Crippen LogP contribution in [0.1, 0.15) is 22.8 Å². The fraction of sp³-hybridized carbons (Fsp3) is 0.231. The van der Waals surface area contributed by atoms with Gasteiger partial charge in [0.15, 0.2) is 0 Å². The fourth-order valence-electron chi connectivity index (χ4n) is 1.74. The zero-order valence-corrected chi connectivity index (χ0v) is 11.2. The summed E-state index contributed by atoms with van der Waals surface area (Å²) < 4.78 is 1.61. The minimum Gasteiger partial charge on any atom is -0.368 e. The molecular formula is C13H15N5O2. The van der Waals surface area contributed by atoms with Crippen molar-refractivity contribution in [3.05, 3.63) is 42.0 Å². The molecule has 104 valence electrons. The maximum atomic E-state index is 12.0. The highest BCUT2D eigenvalue weighted by Gasteiger charge is 2.14. The first-order valence-corrected chi connectivity index (χ1v) is 6.05. The van der Waals surface area contributed by atoms with Crippen LogP contribution < -0.4 is 11.1 Å². The van der Waals surface area contributed by atoms with Crippen LogP contribution >= 0.6 is 0 Å². The molecule has 7 nitrogen and oxygen atoms in total. The third-order valence-electron chi connectivity index (χ3n) is 2.90. The van der Waals surface area contributed by atoms with Crippen molar-refractivity contribution >= 4 is 11.8 Å². The summed E-state index contributed by atoms with van der Waals surface area (Å²) in [5, 5.41) is 6.57. The number of benzene rings is 1. The van der Waals surface area contributed by atoms with Gasteiger partial charge in [0, 0.05) is 5.56 Å². The highest BCUT2D eigenvalue weighted by Crippen LogP contribution is 2.14. The largest absolute Gasteiger partial charge is 0.368 e. The number of nitrogens with zero attached hydrogens (tertiary/aromatic N) is 3. The van der Waals surface area contributed by atoms with Gasteiger partial charge < -0.3 is 11.1 Å². The lowest BCUT2D eigenvalue weighted by Gasteiger charge is -2.11. The van der Waals surface area contributed by atoms with Crippen LogP contribution in [0.25, 0.3) is 5.69 Å². The number of carbonyl (C=O) groups excluding carboxylic acids is 2. The Balaban J connectivity index is 2.21. The average molecular weight is 273 g/mol. The Morgan fingerprint density at radius 2 is 2.15 bits per heavy atom. The third-order valence-corrected chi connectivity index (χ3v) is 2.90. The lowest BCUT2D eigenvalue weighted by atomic mass is 10.1. The minimum atomic E-state index is -0.710. The number of primary amides is 1. The van der Waals surface area contributed by atoms with Crippen molar-refractivity contribution in [2.24, 2.45) is 5.73 Å². The van der Waals surface area contributed by atoms with Crippen molar-refractivity contribution in [1.82, 2.24) is 20.1 Å². The molecule has 0 bridgehead atoms. The van der Waals surface area contributed by atoms with E-state index in [2.05, 4.69) is 15.4 Å². The van der Waals surface area contributed by atoms with Gasteiger partial charge in [-0.2, -0.15) is 5.10 Å². The molecule has 2 rings (SSSR count). The molecule has 0 saturated heterocycles. The standard InChI is InChI=1S/C13H15N5O2/c1-8-5-10(13(20)17-9(2)12(14)19)3-4-11(8)18-7-15-6-16-18/h3-7,9H,1-2H3,(H2,14,19)(H,17,20)/t9-/m0/s1. The van der Waals surface area contributed by atoms with Gasteiger partial charge in [0.05, 0.1) is 5.69 Å². The first kappa shape index (κ1) is 13.7. The number of rotatable bonds is 4. The number of aromatic nitrogens is 3. The highest BCUT2D eigenvalue weighted by atomic mass is 16.2. The van der Waals surface area contributed by atoms with Crippen LogP contribution in [0.4, 0.5) is 0 Å². The molecule has 0 aliphatic rings. The molecule has 0 radical (unpaired) electrons. The van der Waals surface area contributed by atoms with Gasteiger partial charge in [0.1, 0.15) is 18.7 Å². The first-order valence-electron chi connectivity index (χ1n) is 6.05. The monoisotopic (exact) mass is 273 g/mol. The van der Waals surface area contributed by atoms with Crippen LogP contribution in [0, 0.1) is 6.92 Å². The Morgan fingerprint density at radius 1 is 1.40 bits per heavy atom. The van der Waals surface area contributed by atoms with E-state index in [-0.39, 0.29) is 5.91 Å². The van der Waals surface area contributed by atoms with E-state index in [9.17, 15) is 9.59 Å². The summed E-state index contributed by atoms with van der Waals surface area (Å²) in [4.78, 5) is 26.8. The first-order chi connectivity index (χ1) is 9.49. The second-order valence-corrected chi connectivity index (χ2v) is 4.44. The Kier molecular flexibility index (Phi) is 3.79. The van der Waals surface area contributed by atoms with Crippen LogP contribution in [0.3, 0.4) is 0 Å². The van der Waals surface area contributed by atoms with Crippen molar-refractivity contribution in [2.45, 2.75) is 19.9 Å². The second kappa shape index (κ2) is 5.52. The normalized spacial score (nSPS) is 11.9. The smallest absolute Gasteiger partial charge is 0.251 e. The third kappa shape index (κ3) is 2.82. The van der Waals surface area contributed by atoms with Crippen molar-refractivity contribution in [2.75, 3.05) is 0 Å². The molecule has 1 aromatic heterocycles. The number of carbonyl (C=O) groups is 2. The van der Waals surface area contributed by atoms with Crippen molar-refractivity contribution < 1.29 is 9.59 Å². The summed E-state index contributed by atoms with van der Waals surface area (Å²) in [6.45, 7) is 3.40. The number of aryl methyl sites for hydroxylation is 1. The van der Waals surface area contributed by atoms with Gasteiger partial charge in [-0.15, -0.1) is 0 Å². The van der Waals surface area contributed by atoms with E-state index in [0.717, 1.165) is 11.3 Å². The average Bonchev–Trinajstić information content (AvgIpc) is 2.92. The van der Waals surface area contributed by atoms with Crippen LogP contribution in [-0.2, 0) is 4.79 Å². The minimum absolute atomic E-state index is 0.343. The number of hydrogen-bond donors (Lipinski definition) is 2. The zero-order valence-electron chi connectivity index (χ0n) is 11.2. The summed E-state index contributed by atoms with van der Waals surface area (Å²) in [5.41, 5.74) is 7.27. The van der Waals surface area contributed by atoms with E-state index in [1.165, 1.54) is 13.3 Å². The molecule has 0 fully saturated rings. The summed E-state index contributed by atoms with van der Waals surface area (Å²) in [6, 6.07) is 4.44. The van der Waals surface area contributed by atoms with Crippen molar-refractivity contribution in [1.29, 1.82) is 0 Å². The lowest BCUT2D eigenvalue weighted by Crippen LogP contribution is -2.42. The zero-order chi connectivity index (χ0) is 14.7. The molecule has 20 heavy (non-hydrogen) atoms. The van der Waals surface area contributed by atoms with E-state index >= 15 is 0 Å².